The molecule has 1 aliphatic rings. The molecule has 4 nitrogen and oxygen atoms in total. The first kappa shape index (κ1) is 15.3. The number of carbonyl (C=O) groups is 1. The Morgan fingerprint density at radius 2 is 2.10 bits per heavy atom. The van der Waals surface area contributed by atoms with Gasteiger partial charge in [0.15, 0.2) is 0 Å². The van der Waals surface area contributed by atoms with E-state index in [1.54, 1.807) is 6.07 Å². The predicted octanol–water partition coefficient (Wildman–Crippen LogP) is 3.47. The molecule has 2 rings (SSSR count). The molecule has 0 aliphatic heterocycles. The van der Waals surface area contributed by atoms with Crippen molar-refractivity contribution < 1.29 is 19.7 Å². The zero-order chi connectivity index (χ0) is 14.5. The lowest BCUT2D eigenvalue weighted by Crippen LogP contribution is -2.20. The third kappa shape index (κ3) is 4.21. The quantitative estimate of drug-likeness (QED) is 0.830. The van der Waals surface area contributed by atoms with Gasteiger partial charge in [0.2, 0.25) is 0 Å². The number of hydrogen-bond acceptors (Lipinski definition) is 3. The number of ether oxygens (including phenoxy) is 1. The second kappa shape index (κ2) is 7.09. The molecule has 0 amide bonds. The molecule has 0 spiro atoms. The van der Waals surface area contributed by atoms with Gasteiger partial charge in [-0.3, -0.25) is 0 Å². The largest absolute Gasteiger partial charge is 0.490 e. The predicted molar refractivity (Wildman–Crippen MR) is 79.2 cm³/mol. The van der Waals surface area contributed by atoms with Gasteiger partial charge < -0.3 is 14.9 Å². The fourth-order valence-corrected chi connectivity index (χ4v) is 3.13. The highest BCUT2D eigenvalue weighted by Crippen LogP contribution is 2.29. The van der Waals surface area contributed by atoms with Gasteiger partial charge in [-0.2, -0.15) is 0 Å². The van der Waals surface area contributed by atoms with Crippen LogP contribution in [0.3, 0.4) is 0 Å². The Labute approximate surface area is 126 Å². The third-order valence-corrected chi connectivity index (χ3v) is 4.31. The number of benzene rings is 1. The molecule has 0 bridgehead atoms. The molecule has 0 saturated heterocycles. The molecule has 2 N–H and O–H groups in total. The summed E-state index contributed by atoms with van der Waals surface area (Å²) in [6.45, 7) is 0.238. The van der Waals surface area contributed by atoms with Crippen LogP contribution >= 0.6 is 15.9 Å². The van der Waals surface area contributed by atoms with Gasteiger partial charge in [-0.1, -0.05) is 25.7 Å². The summed E-state index contributed by atoms with van der Waals surface area (Å²) in [6.07, 6.45) is 5.25. The van der Waals surface area contributed by atoms with Gasteiger partial charge >= 0.3 is 5.97 Å². The van der Waals surface area contributed by atoms with Crippen LogP contribution in [0.1, 0.15) is 42.5 Å². The number of aliphatic hydroxyl groups is 1. The van der Waals surface area contributed by atoms with Crippen molar-refractivity contribution in [3.63, 3.8) is 0 Å². The zero-order valence-corrected chi connectivity index (χ0v) is 12.8. The molecule has 1 fully saturated rings. The van der Waals surface area contributed by atoms with E-state index in [0.29, 0.717) is 16.1 Å². The van der Waals surface area contributed by atoms with Crippen LogP contribution in [0.25, 0.3) is 0 Å². The van der Waals surface area contributed by atoms with Crippen LogP contribution in [0, 0.1) is 5.92 Å². The minimum absolute atomic E-state index is 0.204. The maximum Gasteiger partial charge on any atom is 0.335 e. The van der Waals surface area contributed by atoms with Crippen LogP contribution in [0.5, 0.6) is 5.75 Å². The molecule has 1 aromatic rings. The van der Waals surface area contributed by atoms with Crippen molar-refractivity contribution in [2.45, 2.75) is 38.2 Å². The first-order valence-electron chi connectivity index (χ1n) is 6.90. The van der Waals surface area contributed by atoms with Crippen LogP contribution < -0.4 is 4.74 Å². The van der Waals surface area contributed by atoms with Crippen molar-refractivity contribution in [2.24, 2.45) is 5.92 Å². The van der Waals surface area contributed by atoms with E-state index < -0.39 is 12.1 Å². The molecular weight excluding hydrogens is 324 g/mol. The topological polar surface area (TPSA) is 66.8 Å². The Morgan fingerprint density at radius 3 is 2.70 bits per heavy atom. The van der Waals surface area contributed by atoms with E-state index in [-0.39, 0.29) is 12.2 Å². The van der Waals surface area contributed by atoms with Gasteiger partial charge in [0.1, 0.15) is 12.4 Å². The lowest BCUT2D eigenvalue weighted by atomic mass is 10.0. The van der Waals surface area contributed by atoms with Crippen LogP contribution in [0.4, 0.5) is 0 Å². The average molecular weight is 343 g/mol. The number of carboxylic acid groups (broad SMARTS) is 1. The minimum Gasteiger partial charge on any atom is -0.490 e. The summed E-state index contributed by atoms with van der Waals surface area (Å²) in [5.74, 6) is 0.199. The molecule has 5 heteroatoms. The van der Waals surface area contributed by atoms with Gasteiger partial charge in [0, 0.05) is 0 Å². The molecular formula is C15H19BrO4. The van der Waals surface area contributed by atoms with E-state index in [9.17, 15) is 9.90 Å². The Hall–Kier alpha value is -1.07. The van der Waals surface area contributed by atoms with Crippen molar-refractivity contribution in [1.29, 1.82) is 0 Å². The summed E-state index contributed by atoms with van der Waals surface area (Å²) in [5, 5.41) is 18.8. The Morgan fingerprint density at radius 1 is 1.40 bits per heavy atom. The molecule has 1 saturated carbocycles. The first-order valence-corrected chi connectivity index (χ1v) is 7.69. The lowest BCUT2D eigenvalue weighted by molar-refractivity contribution is 0.0695. The van der Waals surface area contributed by atoms with Crippen molar-refractivity contribution in [3.05, 3.63) is 28.2 Å². The maximum atomic E-state index is 10.8. The van der Waals surface area contributed by atoms with Gasteiger partial charge in [0.05, 0.1) is 16.1 Å². The summed E-state index contributed by atoms with van der Waals surface area (Å²) in [4.78, 5) is 10.8. The molecule has 110 valence electrons. The summed E-state index contributed by atoms with van der Waals surface area (Å²) in [5.41, 5.74) is 0.204. The molecule has 0 aromatic heterocycles. The average Bonchev–Trinajstić information content (AvgIpc) is 2.90. The van der Waals surface area contributed by atoms with Gasteiger partial charge in [0.25, 0.3) is 0 Å². The standard InChI is InChI=1S/C15H19BrO4/c16-13-8-11(15(18)19)5-6-14(13)20-9-12(17)7-10-3-1-2-4-10/h5-6,8,10,12,17H,1-4,7,9H2,(H,18,19). The minimum atomic E-state index is -0.974. The van der Waals surface area contributed by atoms with E-state index in [4.69, 9.17) is 9.84 Å². The zero-order valence-electron chi connectivity index (χ0n) is 11.2. The van der Waals surface area contributed by atoms with E-state index in [1.807, 2.05) is 0 Å². The Kier molecular flexibility index (Phi) is 5.43. The summed E-state index contributed by atoms with van der Waals surface area (Å²) < 4.78 is 6.14. The molecule has 1 aliphatic carbocycles. The monoisotopic (exact) mass is 342 g/mol. The molecule has 1 unspecified atom stereocenters. The molecule has 1 atom stereocenters. The lowest BCUT2D eigenvalue weighted by Gasteiger charge is -2.16. The van der Waals surface area contributed by atoms with Crippen molar-refractivity contribution in [2.75, 3.05) is 6.61 Å². The number of aromatic carboxylic acids is 1. The van der Waals surface area contributed by atoms with Crippen LogP contribution in [-0.2, 0) is 0 Å². The van der Waals surface area contributed by atoms with Gasteiger partial charge in [-0.15, -0.1) is 0 Å². The van der Waals surface area contributed by atoms with E-state index in [2.05, 4.69) is 15.9 Å². The molecule has 1 aromatic carbocycles. The normalized spacial score (nSPS) is 17.1. The Balaban J connectivity index is 1.85. The SMILES string of the molecule is O=C(O)c1ccc(OCC(O)CC2CCCC2)c(Br)c1. The number of aliphatic hydroxyl groups excluding tert-OH is 1. The van der Waals surface area contributed by atoms with Crippen molar-refractivity contribution in [1.82, 2.24) is 0 Å². The molecule has 0 heterocycles. The van der Waals surface area contributed by atoms with Gasteiger partial charge in [-0.05, 0) is 46.5 Å². The highest BCUT2D eigenvalue weighted by molar-refractivity contribution is 9.10. The summed E-state index contributed by atoms with van der Waals surface area (Å²) in [7, 11) is 0. The fourth-order valence-electron chi connectivity index (χ4n) is 2.64. The van der Waals surface area contributed by atoms with E-state index in [0.717, 1.165) is 6.42 Å². The molecule has 20 heavy (non-hydrogen) atoms. The van der Waals surface area contributed by atoms with Crippen molar-refractivity contribution >= 4 is 21.9 Å². The number of rotatable bonds is 6. The van der Waals surface area contributed by atoms with Crippen molar-refractivity contribution in [3.8, 4) is 5.75 Å². The second-order valence-electron chi connectivity index (χ2n) is 5.30. The van der Waals surface area contributed by atoms with Crippen LogP contribution in [-0.4, -0.2) is 28.9 Å². The summed E-state index contributed by atoms with van der Waals surface area (Å²) >= 11 is 3.28. The van der Waals surface area contributed by atoms with E-state index >= 15 is 0 Å². The third-order valence-electron chi connectivity index (χ3n) is 3.69. The van der Waals surface area contributed by atoms with E-state index in [1.165, 1.54) is 37.8 Å². The summed E-state index contributed by atoms with van der Waals surface area (Å²) in [6, 6.07) is 4.60. The first-order chi connectivity index (χ1) is 9.56. The number of halogens is 1. The Bertz CT molecular complexity index is 469. The van der Waals surface area contributed by atoms with Crippen LogP contribution in [0.2, 0.25) is 0 Å². The number of carboxylic acids is 1. The highest BCUT2D eigenvalue weighted by atomic mass is 79.9. The highest BCUT2D eigenvalue weighted by Gasteiger charge is 2.19. The smallest absolute Gasteiger partial charge is 0.335 e. The second-order valence-corrected chi connectivity index (χ2v) is 6.16. The van der Waals surface area contributed by atoms with Crippen LogP contribution in [0.15, 0.2) is 22.7 Å². The van der Waals surface area contributed by atoms with Gasteiger partial charge in [-0.25, -0.2) is 4.79 Å². The molecule has 0 radical (unpaired) electrons. The number of hydrogen-bond donors (Lipinski definition) is 2. The maximum absolute atomic E-state index is 10.8. The fraction of sp³-hybridized carbons (Fsp3) is 0.533.